The molecule has 0 aliphatic heterocycles. The van der Waals surface area contributed by atoms with Gasteiger partial charge in [-0.2, -0.15) is 4.68 Å². The first-order chi connectivity index (χ1) is 10.1. The lowest BCUT2D eigenvalue weighted by atomic mass is 10.1. The summed E-state index contributed by atoms with van der Waals surface area (Å²) >= 11 is 5.21. The van der Waals surface area contributed by atoms with Gasteiger partial charge in [0.25, 0.3) is 0 Å². The molecule has 21 heavy (non-hydrogen) atoms. The number of thiocarbonyl (C=S) groups is 1. The van der Waals surface area contributed by atoms with E-state index in [0.29, 0.717) is 4.99 Å². The van der Waals surface area contributed by atoms with Crippen molar-refractivity contribution in [3.8, 4) is 5.82 Å². The van der Waals surface area contributed by atoms with Crippen LogP contribution in [0, 0.1) is 0 Å². The van der Waals surface area contributed by atoms with E-state index < -0.39 is 0 Å². The molecule has 2 aromatic heterocycles. The van der Waals surface area contributed by atoms with Gasteiger partial charge < -0.3 is 5.73 Å². The minimum Gasteiger partial charge on any atom is -0.389 e. The van der Waals surface area contributed by atoms with E-state index in [-0.39, 0.29) is 0 Å². The molecule has 0 atom stereocenters. The van der Waals surface area contributed by atoms with Gasteiger partial charge in [0.1, 0.15) is 10.8 Å². The van der Waals surface area contributed by atoms with Crippen LogP contribution in [0.4, 0.5) is 0 Å². The summed E-state index contributed by atoms with van der Waals surface area (Å²) in [5.74, 6) is 2.45. The third-order valence-electron chi connectivity index (χ3n) is 3.85. The number of nitrogens with two attached hydrogens (primary N) is 1. The van der Waals surface area contributed by atoms with E-state index in [1.165, 1.54) is 5.56 Å². The van der Waals surface area contributed by atoms with Crippen LogP contribution in [-0.4, -0.2) is 24.7 Å². The zero-order valence-electron chi connectivity index (χ0n) is 12.4. The summed E-state index contributed by atoms with van der Waals surface area (Å²) in [5.41, 5.74) is 9.10. The van der Waals surface area contributed by atoms with Crippen molar-refractivity contribution in [1.82, 2.24) is 19.7 Å². The topological polar surface area (TPSA) is 69.6 Å². The Morgan fingerprint density at radius 3 is 2.76 bits per heavy atom. The molecule has 0 saturated carbocycles. The molecule has 0 bridgehead atoms. The molecular weight excluding hydrogens is 282 g/mol. The zero-order chi connectivity index (χ0) is 15.0. The molecule has 0 fully saturated rings. The Hall–Kier alpha value is -1.82. The summed E-state index contributed by atoms with van der Waals surface area (Å²) in [6.07, 6.45) is 4.80. The van der Waals surface area contributed by atoms with Crippen LogP contribution in [0.25, 0.3) is 5.82 Å². The first-order valence-electron chi connectivity index (χ1n) is 7.41. The fourth-order valence-corrected chi connectivity index (χ4v) is 2.89. The van der Waals surface area contributed by atoms with E-state index in [1.807, 2.05) is 11.6 Å². The van der Waals surface area contributed by atoms with Crippen molar-refractivity contribution < 1.29 is 0 Å². The molecule has 0 radical (unpaired) electrons. The molecule has 5 nitrogen and oxygen atoms in total. The van der Waals surface area contributed by atoms with E-state index in [4.69, 9.17) is 22.9 Å². The van der Waals surface area contributed by atoms with Crippen LogP contribution < -0.4 is 5.73 Å². The minimum absolute atomic E-state index is 0.364. The van der Waals surface area contributed by atoms with E-state index in [0.717, 1.165) is 60.8 Å². The maximum Gasteiger partial charge on any atom is 0.166 e. The monoisotopic (exact) mass is 301 g/mol. The summed E-state index contributed by atoms with van der Waals surface area (Å²) < 4.78 is 1.81. The minimum atomic E-state index is 0.364. The number of aromatic nitrogens is 4. The Balaban J connectivity index is 2.21. The van der Waals surface area contributed by atoms with Crippen LogP contribution in [-0.2, 0) is 25.7 Å². The second-order valence-corrected chi connectivity index (χ2v) is 5.69. The molecular formula is C15H19N5S. The normalized spacial score (nSPS) is 13.4. The van der Waals surface area contributed by atoms with Crippen LogP contribution in [0.15, 0.2) is 6.07 Å². The van der Waals surface area contributed by atoms with Crippen LogP contribution in [0.5, 0.6) is 0 Å². The molecule has 0 unspecified atom stereocenters. The summed E-state index contributed by atoms with van der Waals surface area (Å²) in [7, 11) is 0. The number of aryl methyl sites for hydroxylation is 4. The van der Waals surface area contributed by atoms with Crippen LogP contribution in [0.3, 0.4) is 0 Å². The van der Waals surface area contributed by atoms with E-state index in [9.17, 15) is 0 Å². The first-order valence-corrected chi connectivity index (χ1v) is 7.82. The van der Waals surface area contributed by atoms with Crippen LogP contribution >= 0.6 is 12.2 Å². The molecule has 1 aliphatic carbocycles. The summed E-state index contributed by atoms with van der Waals surface area (Å²) in [5, 5.41) is 4.57. The van der Waals surface area contributed by atoms with Gasteiger partial charge in [-0.1, -0.05) is 26.1 Å². The van der Waals surface area contributed by atoms with Gasteiger partial charge in [-0.3, -0.25) is 0 Å². The van der Waals surface area contributed by atoms with Crippen molar-refractivity contribution in [3.05, 3.63) is 34.5 Å². The number of hydrogen-bond acceptors (Lipinski definition) is 4. The third kappa shape index (κ3) is 2.44. The Labute approximate surface area is 129 Å². The Morgan fingerprint density at radius 1 is 1.29 bits per heavy atom. The highest BCUT2D eigenvalue weighted by atomic mass is 32.1. The maximum absolute atomic E-state index is 5.91. The molecule has 0 amide bonds. The Morgan fingerprint density at radius 2 is 2.10 bits per heavy atom. The van der Waals surface area contributed by atoms with Gasteiger partial charge in [-0.05, 0) is 30.9 Å². The van der Waals surface area contributed by atoms with Gasteiger partial charge in [0, 0.05) is 18.5 Å². The summed E-state index contributed by atoms with van der Waals surface area (Å²) in [6, 6.07) is 2.08. The molecule has 1 aliphatic rings. The van der Waals surface area contributed by atoms with Crippen LogP contribution in [0.1, 0.15) is 48.7 Å². The van der Waals surface area contributed by atoms with Gasteiger partial charge in [0.15, 0.2) is 11.6 Å². The second-order valence-electron chi connectivity index (χ2n) is 5.25. The lowest BCUT2D eigenvalue weighted by Crippen LogP contribution is -2.18. The SMILES string of the molecule is CCc1nc(CC)n(-c2nc3c(cc2C(N)=S)CCC3)n1. The number of nitrogens with zero attached hydrogens (tertiary/aromatic N) is 4. The Kier molecular flexibility index (Phi) is 3.71. The molecule has 2 N–H and O–H groups in total. The van der Waals surface area contributed by atoms with Crippen molar-refractivity contribution in [1.29, 1.82) is 0 Å². The van der Waals surface area contributed by atoms with Gasteiger partial charge in [-0.15, -0.1) is 5.10 Å². The van der Waals surface area contributed by atoms with Crippen molar-refractivity contribution in [2.45, 2.75) is 46.0 Å². The van der Waals surface area contributed by atoms with Crippen molar-refractivity contribution in [2.24, 2.45) is 5.73 Å². The quantitative estimate of drug-likeness (QED) is 0.874. The number of fused-ring (bicyclic) bond motifs is 1. The Bertz CT molecular complexity index is 704. The molecule has 3 rings (SSSR count). The van der Waals surface area contributed by atoms with Gasteiger partial charge in [0.2, 0.25) is 0 Å². The van der Waals surface area contributed by atoms with Gasteiger partial charge in [0.05, 0.1) is 5.56 Å². The highest BCUT2D eigenvalue weighted by Gasteiger charge is 2.21. The van der Waals surface area contributed by atoms with E-state index in [1.54, 1.807) is 0 Å². The maximum atomic E-state index is 5.91. The number of pyridine rings is 1. The molecule has 0 spiro atoms. The fourth-order valence-electron chi connectivity index (χ4n) is 2.74. The summed E-state index contributed by atoms with van der Waals surface area (Å²) in [4.78, 5) is 9.70. The molecule has 2 heterocycles. The van der Waals surface area contributed by atoms with Crippen molar-refractivity contribution >= 4 is 17.2 Å². The highest BCUT2D eigenvalue weighted by Crippen LogP contribution is 2.25. The van der Waals surface area contributed by atoms with Crippen molar-refractivity contribution in [3.63, 3.8) is 0 Å². The average Bonchev–Trinajstić information content (AvgIpc) is 3.11. The predicted molar refractivity (Wildman–Crippen MR) is 85.8 cm³/mol. The van der Waals surface area contributed by atoms with Crippen LogP contribution in [0.2, 0.25) is 0 Å². The van der Waals surface area contributed by atoms with Crippen molar-refractivity contribution in [2.75, 3.05) is 0 Å². The van der Waals surface area contributed by atoms with E-state index >= 15 is 0 Å². The second kappa shape index (κ2) is 5.52. The largest absolute Gasteiger partial charge is 0.389 e. The number of hydrogen-bond donors (Lipinski definition) is 1. The predicted octanol–water partition coefficient (Wildman–Crippen LogP) is 1.91. The molecule has 0 aromatic carbocycles. The molecule has 6 heteroatoms. The molecule has 110 valence electrons. The zero-order valence-corrected chi connectivity index (χ0v) is 13.2. The summed E-state index contributed by atoms with van der Waals surface area (Å²) in [6.45, 7) is 4.11. The average molecular weight is 301 g/mol. The number of rotatable bonds is 4. The smallest absolute Gasteiger partial charge is 0.166 e. The molecule has 2 aromatic rings. The highest BCUT2D eigenvalue weighted by molar-refractivity contribution is 7.80. The fraction of sp³-hybridized carbons (Fsp3) is 0.467. The lowest BCUT2D eigenvalue weighted by Gasteiger charge is -2.11. The van der Waals surface area contributed by atoms with Gasteiger partial charge >= 0.3 is 0 Å². The van der Waals surface area contributed by atoms with E-state index in [2.05, 4.69) is 23.1 Å². The third-order valence-corrected chi connectivity index (χ3v) is 4.07. The molecule has 0 saturated heterocycles. The first kappa shape index (κ1) is 14.1. The van der Waals surface area contributed by atoms with Gasteiger partial charge in [-0.25, -0.2) is 9.97 Å². The lowest BCUT2D eigenvalue weighted by molar-refractivity contribution is 0.761. The standard InChI is InChI=1S/C15H19N5S/c1-3-12-18-13(4-2)20(19-12)15-10(14(16)21)8-9-6-5-7-11(9)17-15/h8H,3-7H2,1-2H3,(H2,16,21).